The molecule has 0 saturated heterocycles. The normalized spacial score (nSPS) is 16.3. The Labute approximate surface area is 67.0 Å². The molecule has 1 aromatic rings. The molecule has 2 atom stereocenters. The molecule has 1 rings (SSSR count). The van der Waals surface area contributed by atoms with Gasteiger partial charge in [0.05, 0.1) is 0 Å². The highest BCUT2D eigenvalue weighted by molar-refractivity contribution is 5.15. The molecule has 0 aliphatic heterocycles. The Hall–Kier alpha value is -0.800. The van der Waals surface area contributed by atoms with Gasteiger partial charge in [0.25, 0.3) is 0 Å². The first kappa shape index (κ1) is 8.30. The smallest absolute Gasteiger partial charge is 0.0483 e. The van der Waals surface area contributed by atoms with Crippen molar-refractivity contribution in [1.29, 1.82) is 0 Å². The van der Waals surface area contributed by atoms with Crippen LogP contribution in [0.4, 0.5) is 0 Å². The van der Waals surface area contributed by atoms with Crippen LogP contribution in [0.5, 0.6) is 0 Å². The number of aromatic amines is 1. The maximum atomic E-state index is 5.76. The van der Waals surface area contributed by atoms with Crippen LogP contribution in [0.3, 0.4) is 0 Å². The average Bonchev–Trinajstić information content (AvgIpc) is 2.40. The highest BCUT2D eigenvalue weighted by atomic mass is 14.9. The lowest BCUT2D eigenvalue weighted by Gasteiger charge is -2.18. The number of hydrogen-bond donors (Lipinski definition) is 3. The first-order valence-corrected chi connectivity index (χ1v) is 3.81. The van der Waals surface area contributed by atoms with Gasteiger partial charge in [-0.3, -0.25) is 0 Å². The molecule has 0 aliphatic rings. The molecule has 0 aliphatic carbocycles. The third-order valence-electron chi connectivity index (χ3n) is 1.82. The summed E-state index contributed by atoms with van der Waals surface area (Å²) in [6.07, 6.45) is 3.87. The second-order valence-electron chi connectivity index (χ2n) is 2.77. The van der Waals surface area contributed by atoms with Crippen LogP contribution in [0.15, 0.2) is 18.5 Å². The molecule has 0 amide bonds. The van der Waals surface area contributed by atoms with Crippen molar-refractivity contribution in [2.75, 3.05) is 7.05 Å². The molecule has 2 unspecified atom stereocenters. The molecule has 0 saturated carbocycles. The van der Waals surface area contributed by atoms with Gasteiger partial charge < -0.3 is 16.0 Å². The Morgan fingerprint density at radius 2 is 2.36 bits per heavy atom. The first-order valence-electron chi connectivity index (χ1n) is 3.81. The van der Waals surface area contributed by atoms with E-state index >= 15 is 0 Å². The molecule has 3 nitrogen and oxygen atoms in total. The van der Waals surface area contributed by atoms with Crippen molar-refractivity contribution in [2.45, 2.75) is 19.0 Å². The predicted molar refractivity (Wildman–Crippen MR) is 46.2 cm³/mol. The molecule has 0 fully saturated rings. The van der Waals surface area contributed by atoms with Gasteiger partial charge in [0.1, 0.15) is 0 Å². The largest absolute Gasteiger partial charge is 0.367 e. The molecule has 0 radical (unpaired) electrons. The van der Waals surface area contributed by atoms with Crippen LogP contribution in [-0.4, -0.2) is 18.1 Å². The van der Waals surface area contributed by atoms with Crippen LogP contribution in [0.2, 0.25) is 0 Å². The molecule has 11 heavy (non-hydrogen) atoms. The summed E-state index contributed by atoms with van der Waals surface area (Å²) in [6.45, 7) is 1.99. The first-order chi connectivity index (χ1) is 5.25. The van der Waals surface area contributed by atoms with Crippen LogP contribution < -0.4 is 11.1 Å². The molecule has 0 aromatic carbocycles. The summed E-state index contributed by atoms with van der Waals surface area (Å²) in [5, 5.41) is 3.16. The van der Waals surface area contributed by atoms with Crippen molar-refractivity contribution < 1.29 is 0 Å². The van der Waals surface area contributed by atoms with E-state index in [9.17, 15) is 0 Å². The van der Waals surface area contributed by atoms with E-state index in [0.29, 0.717) is 0 Å². The molecule has 62 valence electrons. The standard InChI is InChI=1S/C8H15N3/c1-6(9)8(10-2)7-3-4-11-5-7/h3-6,8,10-11H,9H2,1-2H3. The van der Waals surface area contributed by atoms with Crippen molar-refractivity contribution in [3.8, 4) is 0 Å². The molecule has 0 bridgehead atoms. The minimum Gasteiger partial charge on any atom is -0.367 e. The fourth-order valence-electron chi connectivity index (χ4n) is 1.26. The summed E-state index contributed by atoms with van der Waals surface area (Å²) in [7, 11) is 1.92. The molecule has 0 spiro atoms. The van der Waals surface area contributed by atoms with Crippen LogP contribution in [0.1, 0.15) is 18.5 Å². The Balaban J connectivity index is 2.71. The van der Waals surface area contributed by atoms with Gasteiger partial charge in [-0.05, 0) is 25.6 Å². The summed E-state index contributed by atoms with van der Waals surface area (Å²) in [6, 6.07) is 2.42. The minimum absolute atomic E-state index is 0.135. The average molecular weight is 153 g/mol. The van der Waals surface area contributed by atoms with E-state index in [2.05, 4.69) is 10.3 Å². The zero-order valence-electron chi connectivity index (χ0n) is 6.96. The number of likely N-dealkylation sites (N-methyl/N-ethyl adjacent to an activating group) is 1. The van der Waals surface area contributed by atoms with E-state index < -0.39 is 0 Å². The van der Waals surface area contributed by atoms with E-state index in [0.717, 1.165) is 0 Å². The molecule has 1 aromatic heterocycles. The lowest BCUT2D eigenvalue weighted by atomic mass is 10.1. The summed E-state index contributed by atoms with van der Waals surface area (Å²) in [5.41, 5.74) is 6.97. The summed E-state index contributed by atoms with van der Waals surface area (Å²) < 4.78 is 0. The quantitative estimate of drug-likeness (QED) is 0.596. The number of rotatable bonds is 3. The topological polar surface area (TPSA) is 53.8 Å². The number of H-pyrrole nitrogens is 1. The van der Waals surface area contributed by atoms with Crippen molar-refractivity contribution in [1.82, 2.24) is 10.3 Å². The SMILES string of the molecule is CNC(c1cc[nH]c1)C(C)N. The van der Waals surface area contributed by atoms with Gasteiger partial charge in [-0.2, -0.15) is 0 Å². The van der Waals surface area contributed by atoms with Crippen LogP contribution >= 0.6 is 0 Å². The zero-order valence-corrected chi connectivity index (χ0v) is 6.96. The van der Waals surface area contributed by atoms with E-state index in [1.165, 1.54) is 5.56 Å². The fourth-order valence-corrected chi connectivity index (χ4v) is 1.26. The minimum atomic E-state index is 0.135. The number of nitrogens with one attached hydrogen (secondary N) is 2. The Bertz CT molecular complexity index is 191. The predicted octanol–water partition coefficient (Wildman–Crippen LogP) is 0.622. The number of aromatic nitrogens is 1. The fraction of sp³-hybridized carbons (Fsp3) is 0.500. The summed E-state index contributed by atoms with van der Waals surface area (Å²) in [5.74, 6) is 0. The van der Waals surface area contributed by atoms with Crippen molar-refractivity contribution in [2.24, 2.45) is 5.73 Å². The Morgan fingerprint density at radius 1 is 1.64 bits per heavy atom. The lowest BCUT2D eigenvalue weighted by molar-refractivity contribution is 0.504. The van der Waals surface area contributed by atoms with Crippen molar-refractivity contribution in [3.63, 3.8) is 0 Å². The van der Waals surface area contributed by atoms with E-state index in [1.807, 2.05) is 32.4 Å². The van der Waals surface area contributed by atoms with Crippen molar-refractivity contribution >= 4 is 0 Å². The third kappa shape index (κ3) is 1.82. The monoisotopic (exact) mass is 153 g/mol. The van der Waals surface area contributed by atoms with Gasteiger partial charge >= 0.3 is 0 Å². The van der Waals surface area contributed by atoms with Gasteiger partial charge in [-0.15, -0.1) is 0 Å². The lowest BCUT2D eigenvalue weighted by Crippen LogP contribution is -2.33. The summed E-state index contributed by atoms with van der Waals surface area (Å²) in [4.78, 5) is 3.00. The number of hydrogen-bond acceptors (Lipinski definition) is 2. The van der Waals surface area contributed by atoms with E-state index in [-0.39, 0.29) is 12.1 Å². The van der Waals surface area contributed by atoms with Crippen LogP contribution in [0, 0.1) is 0 Å². The maximum absolute atomic E-state index is 5.76. The van der Waals surface area contributed by atoms with E-state index in [1.54, 1.807) is 0 Å². The molecule has 4 N–H and O–H groups in total. The van der Waals surface area contributed by atoms with Crippen molar-refractivity contribution in [3.05, 3.63) is 24.0 Å². The Kier molecular flexibility index (Phi) is 2.68. The zero-order chi connectivity index (χ0) is 8.27. The van der Waals surface area contributed by atoms with Gasteiger partial charge in [-0.1, -0.05) is 0 Å². The van der Waals surface area contributed by atoms with Gasteiger partial charge in [-0.25, -0.2) is 0 Å². The summed E-state index contributed by atoms with van der Waals surface area (Å²) >= 11 is 0. The van der Waals surface area contributed by atoms with E-state index in [4.69, 9.17) is 5.73 Å². The molecule has 3 heteroatoms. The molecular weight excluding hydrogens is 138 g/mol. The molecule has 1 heterocycles. The van der Waals surface area contributed by atoms with Gasteiger partial charge in [0, 0.05) is 24.5 Å². The van der Waals surface area contributed by atoms with Gasteiger partial charge in [0.2, 0.25) is 0 Å². The highest BCUT2D eigenvalue weighted by Crippen LogP contribution is 2.13. The molecular formula is C8H15N3. The Morgan fingerprint density at radius 3 is 2.73 bits per heavy atom. The van der Waals surface area contributed by atoms with Crippen LogP contribution in [0.25, 0.3) is 0 Å². The van der Waals surface area contributed by atoms with Gasteiger partial charge in [0.15, 0.2) is 0 Å². The number of nitrogens with two attached hydrogens (primary N) is 1. The third-order valence-corrected chi connectivity index (χ3v) is 1.82. The second-order valence-corrected chi connectivity index (χ2v) is 2.77. The second kappa shape index (κ2) is 3.55. The maximum Gasteiger partial charge on any atom is 0.0483 e. The van der Waals surface area contributed by atoms with Crippen LogP contribution in [-0.2, 0) is 0 Å². The highest BCUT2D eigenvalue weighted by Gasteiger charge is 2.12.